The summed E-state index contributed by atoms with van der Waals surface area (Å²) >= 11 is 6.12. The van der Waals surface area contributed by atoms with Gasteiger partial charge in [0.25, 0.3) is 0 Å². The number of aryl methyl sites for hydroxylation is 1. The van der Waals surface area contributed by atoms with E-state index in [9.17, 15) is 18.4 Å². The Morgan fingerprint density at radius 3 is 2.37 bits per heavy atom. The number of aromatic nitrogens is 3. The molecule has 2 heterocycles. The van der Waals surface area contributed by atoms with Crippen LogP contribution in [0.4, 0.5) is 8.78 Å². The second-order valence-corrected chi connectivity index (χ2v) is 12.8. The number of Topliss-reactive ketones (excluding diaryl/α,β-unsaturated/α-hetero) is 1. The van der Waals surface area contributed by atoms with E-state index in [0.717, 1.165) is 48.5 Å². The van der Waals surface area contributed by atoms with Crippen LogP contribution in [0.1, 0.15) is 98.9 Å². The van der Waals surface area contributed by atoms with Crippen LogP contribution in [0.25, 0.3) is 0 Å². The predicted octanol–water partition coefficient (Wildman–Crippen LogP) is 6.02. The molecule has 6 nitrogen and oxygen atoms in total. The van der Waals surface area contributed by atoms with E-state index in [-0.39, 0.29) is 54.1 Å². The lowest BCUT2D eigenvalue weighted by Gasteiger charge is -2.51. The third kappa shape index (κ3) is 4.78. The molecule has 6 rings (SSSR count). The summed E-state index contributed by atoms with van der Waals surface area (Å²) < 4.78 is 29.8. The molecule has 4 aliphatic rings. The Kier molecular flexibility index (Phi) is 6.40. The van der Waals surface area contributed by atoms with E-state index in [0.29, 0.717) is 37.0 Å². The van der Waals surface area contributed by atoms with E-state index < -0.39 is 5.92 Å². The van der Waals surface area contributed by atoms with Crippen LogP contribution in [0.15, 0.2) is 18.2 Å². The molecule has 3 saturated carbocycles. The van der Waals surface area contributed by atoms with Crippen LogP contribution in [0.3, 0.4) is 0 Å². The number of ketones is 1. The maximum atomic E-state index is 13.8. The van der Waals surface area contributed by atoms with Gasteiger partial charge in [0.15, 0.2) is 0 Å². The predicted molar refractivity (Wildman–Crippen MR) is 140 cm³/mol. The topological polar surface area (TPSA) is 68.1 Å². The first kappa shape index (κ1) is 25.9. The first-order valence-electron chi connectivity index (χ1n) is 13.9. The molecule has 1 aliphatic heterocycles. The molecule has 1 saturated heterocycles. The van der Waals surface area contributed by atoms with Gasteiger partial charge in [0.05, 0.1) is 0 Å². The van der Waals surface area contributed by atoms with Crippen molar-refractivity contribution in [2.45, 2.75) is 95.4 Å². The number of alkyl halides is 2. The average molecular weight is 545 g/mol. The Morgan fingerprint density at radius 2 is 1.74 bits per heavy atom. The molecule has 3 aliphatic carbocycles. The fourth-order valence-electron chi connectivity index (χ4n) is 7.10. The van der Waals surface area contributed by atoms with Crippen molar-refractivity contribution in [2.75, 3.05) is 13.1 Å². The maximum absolute atomic E-state index is 13.8. The molecule has 2 aromatic rings. The molecular weight excluding hydrogens is 510 g/mol. The summed E-state index contributed by atoms with van der Waals surface area (Å²) in [6.45, 7) is 4.35. The van der Waals surface area contributed by atoms with Crippen molar-refractivity contribution in [2.24, 2.45) is 11.3 Å². The molecule has 0 radical (unpaired) electrons. The zero-order chi connectivity index (χ0) is 26.8. The molecule has 2 atom stereocenters. The first-order valence-corrected chi connectivity index (χ1v) is 14.3. The van der Waals surface area contributed by atoms with Crippen molar-refractivity contribution < 1.29 is 18.4 Å². The van der Waals surface area contributed by atoms with Crippen molar-refractivity contribution in [3.8, 4) is 0 Å². The van der Waals surface area contributed by atoms with Crippen LogP contribution in [0.5, 0.6) is 0 Å². The molecule has 1 aromatic carbocycles. The van der Waals surface area contributed by atoms with Crippen LogP contribution in [-0.2, 0) is 16.0 Å². The summed E-state index contributed by atoms with van der Waals surface area (Å²) in [5, 5.41) is 9.97. The number of amides is 1. The molecule has 9 heteroatoms. The first-order chi connectivity index (χ1) is 18.0. The van der Waals surface area contributed by atoms with Gasteiger partial charge < -0.3 is 9.47 Å². The lowest BCUT2D eigenvalue weighted by Crippen LogP contribution is -2.42. The second kappa shape index (κ2) is 9.39. The Morgan fingerprint density at radius 1 is 1.05 bits per heavy atom. The van der Waals surface area contributed by atoms with Crippen LogP contribution in [-0.4, -0.2) is 50.4 Å². The van der Waals surface area contributed by atoms with Crippen molar-refractivity contribution >= 4 is 23.3 Å². The van der Waals surface area contributed by atoms with E-state index in [1.807, 2.05) is 19.1 Å². The summed E-state index contributed by atoms with van der Waals surface area (Å²) in [6.07, 6.45) is 5.29. The van der Waals surface area contributed by atoms with Crippen molar-refractivity contribution in [1.29, 1.82) is 0 Å². The molecule has 1 amide bonds. The van der Waals surface area contributed by atoms with Gasteiger partial charge in [0.1, 0.15) is 17.4 Å². The van der Waals surface area contributed by atoms with Gasteiger partial charge in [-0.25, -0.2) is 8.78 Å². The molecule has 0 bridgehead atoms. The molecule has 4 fully saturated rings. The van der Waals surface area contributed by atoms with Crippen LogP contribution < -0.4 is 0 Å². The highest BCUT2D eigenvalue weighted by Crippen LogP contribution is 2.61. The highest BCUT2D eigenvalue weighted by Gasteiger charge is 2.53. The highest BCUT2D eigenvalue weighted by atomic mass is 35.5. The summed E-state index contributed by atoms with van der Waals surface area (Å²) in [6, 6.07) is 5.90. The second-order valence-electron chi connectivity index (χ2n) is 12.3. The molecule has 0 unspecified atom stereocenters. The van der Waals surface area contributed by atoms with Crippen molar-refractivity contribution in [1.82, 2.24) is 19.7 Å². The van der Waals surface area contributed by atoms with E-state index in [1.54, 1.807) is 17.9 Å². The number of halogens is 3. The minimum absolute atomic E-state index is 0.0138. The van der Waals surface area contributed by atoms with Crippen LogP contribution >= 0.6 is 11.6 Å². The summed E-state index contributed by atoms with van der Waals surface area (Å²) in [5.41, 5.74) is 1.94. The lowest BCUT2D eigenvalue weighted by atomic mass is 9.55. The molecule has 38 heavy (non-hydrogen) atoms. The number of rotatable bonds is 6. The van der Waals surface area contributed by atoms with Gasteiger partial charge in [-0.15, -0.1) is 10.2 Å². The number of benzene rings is 1. The average Bonchev–Trinajstić information content (AvgIpc) is 3.42. The Hall–Kier alpha value is -2.35. The fourth-order valence-corrected chi connectivity index (χ4v) is 7.33. The fraction of sp³-hybridized carbons (Fsp3) is 0.655. The van der Waals surface area contributed by atoms with Gasteiger partial charge in [-0.05, 0) is 74.1 Å². The SMILES string of the molecule is CC(=O)N1C[C@H](C(=O)Cc2ccc(Cl)cc2C)[C@@H](c2nnc(C3CC4(CCC(F)(F)CC4)C3)n2C2CC2)C1. The molecule has 204 valence electrons. The largest absolute Gasteiger partial charge is 0.341 e. The molecule has 1 aromatic heterocycles. The van der Waals surface area contributed by atoms with Gasteiger partial charge in [0.2, 0.25) is 11.8 Å². The van der Waals surface area contributed by atoms with E-state index >= 15 is 0 Å². The highest BCUT2D eigenvalue weighted by molar-refractivity contribution is 6.30. The van der Waals surface area contributed by atoms with Gasteiger partial charge in [0, 0.05) is 68.1 Å². The third-order valence-electron chi connectivity index (χ3n) is 9.61. The quantitative estimate of drug-likeness (QED) is 0.446. The van der Waals surface area contributed by atoms with E-state index in [2.05, 4.69) is 14.8 Å². The van der Waals surface area contributed by atoms with Crippen molar-refractivity contribution in [3.05, 3.63) is 46.0 Å². The Balaban J connectivity index is 1.25. The van der Waals surface area contributed by atoms with Crippen molar-refractivity contribution in [3.63, 3.8) is 0 Å². The van der Waals surface area contributed by atoms with E-state index in [1.165, 1.54) is 0 Å². The third-order valence-corrected chi connectivity index (χ3v) is 9.84. The molecule has 1 spiro atoms. The number of nitrogens with zero attached hydrogens (tertiary/aromatic N) is 4. The lowest BCUT2D eigenvalue weighted by molar-refractivity contribution is -0.128. The summed E-state index contributed by atoms with van der Waals surface area (Å²) in [5.74, 6) is -1.03. The van der Waals surface area contributed by atoms with E-state index in [4.69, 9.17) is 11.6 Å². The van der Waals surface area contributed by atoms with Crippen LogP contribution in [0, 0.1) is 18.3 Å². The van der Waals surface area contributed by atoms with Gasteiger partial charge in [-0.3, -0.25) is 9.59 Å². The number of carbonyl (C=O) groups excluding carboxylic acids is 2. The zero-order valence-corrected chi connectivity index (χ0v) is 22.8. The molecular formula is C29H35ClF2N4O2. The van der Waals surface area contributed by atoms with Gasteiger partial charge in [-0.1, -0.05) is 17.7 Å². The normalized spacial score (nSPS) is 26.5. The summed E-state index contributed by atoms with van der Waals surface area (Å²) in [4.78, 5) is 27.8. The van der Waals surface area contributed by atoms with Crippen LogP contribution in [0.2, 0.25) is 5.02 Å². The number of hydrogen-bond donors (Lipinski definition) is 0. The Bertz CT molecular complexity index is 1260. The number of hydrogen-bond acceptors (Lipinski definition) is 4. The number of carbonyl (C=O) groups is 2. The minimum atomic E-state index is -2.52. The Labute approximate surface area is 227 Å². The van der Waals surface area contributed by atoms with Gasteiger partial charge >= 0.3 is 0 Å². The van der Waals surface area contributed by atoms with Gasteiger partial charge in [-0.2, -0.15) is 0 Å². The molecule has 0 N–H and O–H groups in total. The standard InChI is InChI=1S/C29H35ClF2N4O2/c1-17-11-21(30)4-3-19(17)12-25(38)23-15-35(18(2)37)16-24(23)27-34-33-26(36(27)22-5-6-22)20-13-28(14-20)7-9-29(31,32)10-8-28/h3-4,11,20,22-24H,5-10,12-16H2,1-2H3/t23-,24-/m0/s1. The minimum Gasteiger partial charge on any atom is -0.341 e. The smallest absolute Gasteiger partial charge is 0.248 e. The monoisotopic (exact) mass is 544 g/mol. The zero-order valence-electron chi connectivity index (χ0n) is 22.1. The maximum Gasteiger partial charge on any atom is 0.248 e. The number of likely N-dealkylation sites (tertiary alicyclic amines) is 1. The summed E-state index contributed by atoms with van der Waals surface area (Å²) in [7, 11) is 0.